The third-order valence-corrected chi connectivity index (χ3v) is 3.04. The topological polar surface area (TPSA) is 109 Å². The van der Waals surface area contributed by atoms with Crippen LogP contribution in [0.15, 0.2) is 6.20 Å². The number of carboxylic acids is 1. The van der Waals surface area contributed by atoms with Crippen LogP contribution < -0.4 is 10.6 Å². The van der Waals surface area contributed by atoms with Gasteiger partial charge in [-0.05, 0) is 11.8 Å². The number of nitrogens with zero attached hydrogens (tertiary/aromatic N) is 3. The van der Waals surface area contributed by atoms with E-state index in [0.29, 0.717) is 24.1 Å². The molecule has 8 nitrogen and oxygen atoms in total. The molecule has 8 heteroatoms. The summed E-state index contributed by atoms with van der Waals surface area (Å²) in [6.45, 7) is 6.85. The summed E-state index contributed by atoms with van der Waals surface area (Å²) < 4.78 is 1.21. The molecule has 0 radical (unpaired) electrons. The summed E-state index contributed by atoms with van der Waals surface area (Å²) in [5.41, 5.74) is 0.512. The molecule has 0 aliphatic carbocycles. The highest BCUT2D eigenvalue weighted by molar-refractivity contribution is 5.73. The molecule has 1 unspecified atom stereocenters. The van der Waals surface area contributed by atoms with Gasteiger partial charge < -0.3 is 15.7 Å². The average Bonchev–Trinajstić information content (AvgIpc) is 2.79. The van der Waals surface area contributed by atoms with E-state index in [2.05, 4.69) is 41.7 Å². The molecule has 0 saturated carbocycles. The smallest absolute Gasteiger partial charge is 0.325 e. The first-order chi connectivity index (χ1) is 9.38. The number of carboxylic acid groups (broad SMARTS) is 1. The number of hydrogen-bond acceptors (Lipinski definition) is 4. The Morgan fingerprint density at radius 3 is 2.65 bits per heavy atom. The maximum atomic E-state index is 11.6. The van der Waals surface area contributed by atoms with Gasteiger partial charge in [0.15, 0.2) is 0 Å². The first-order valence-electron chi connectivity index (χ1n) is 6.51. The fraction of sp³-hybridized carbons (Fsp3) is 0.667. The number of amides is 2. The molecule has 20 heavy (non-hydrogen) atoms. The fourth-order valence-electron chi connectivity index (χ4n) is 1.36. The molecule has 0 spiro atoms. The van der Waals surface area contributed by atoms with Crippen molar-refractivity contribution in [1.82, 2.24) is 25.6 Å². The minimum atomic E-state index is -0.991. The van der Waals surface area contributed by atoms with Gasteiger partial charge in [-0.2, -0.15) is 0 Å². The van der Waals surface area contributed by atoms with Crippen LogP contribution in [0, 0.1) is 11.8 Å². The normalized spacial score (nSPS) is 12.2. The predicted octanol–water partition coefficient (Wildman–Crippen LogP) is 0.454. The summed E-state index contributed by atoms with van der Waals surface area (Å²) >= 11 is 0. The lowest BCUT2D eigenvalue weighted by Gasteiger charge is -2.16. The maximum Gasteiger partial charge on any atom is 0.325 e. The monoisotopic (exact) mass is 283 g/mol. The minimum absolute atomic E-state index is 0.210. The number of rotatable bonds is 7. The zero-order chi connectivity index (χ0) is 15.1. The molecule has 0 aromatic carbocycles. The van der Waals surface area contributed by atoms with Crippen LogP contribution in [0.25, 0.3) is 0 Å². The predicted molar refractivity (Wildman–Crippen MR) is 71.9 cm³/mol. The first kappa shape index (κ1) is 15.9. The standard InChI is InChI=1S/C12H21N5O3/c1-8(2)9(3)4-13-12(20)14-5-10-6-17(16-15-10)7-11(18)19/h6,8-9H,4-5,7H2,1-3H3,(H,18,19)(H2,13,14,20). The summed E-state index contributed by atoms with van der Waals surface area (Å²) in [6.07, 6.45) is 1.49. The third kappa shape index (κ3) is 5.68. The molecule has 0 saturated heterocycles. The van der Waals surface area contributed by atoms with E-state index in [1.54, 1.807) is 0 Å². The van der Waals surface area contributed by atoms with Gasteiger partial charge in [0.05, 0.1) is 12.7 Å². The second-order valence-corrected chi connectivity index (χ2v) is 5.09. The van der Waals surface area contributed by atoms with Crippen LogP contribution in [0.3, 0.4) is 0 Å². The molecular weight excluding hydrogens is 262 g/mol. The SMILES string of the molecule is CC(C)C(C)CNC(=O)NCc1cn(CC(=O)O)nn1. The largest absolute Gasteiger partial charge is 0.480 e. The van der Waals surface area contributed by atoms with Crippen LogP contribution in [0.4, 0.5) is 4.79 Å². The number of aliphatic carboxylic acids is 1. The van der Waals surface area contributed by atoms with Crippen LogP contribution >= 0.6 is 0 Å². The van der Waals surface area contributed by atoms with E-state index in [0.717, 1.165) is 0 Å². The molecule has 0 fully saturated rings. The number of hydrogen-bond donors (Lipinski definition) is 3. The van der Waals surface area contributed by atoms with Crippen molar-refractivity contribution in [2.24, 2.45) is 11.8 Å². The second-order valence-electron chi connectivity index (χ2n) is 5.09. The molecule has 1 atom stereocenters. The minimum Gasteiger partial charge on any atom is -0.480 e. The number of carbonyl (C=O) groups excluding carboxylic acids is 1. The number of carbonyl (C=O) groups is 2. The first-order valence-corrected chi connectivity index (χ1v) is 6.51. The van der Waals surface area contributed by atoms with Crippen LogP contribution in [0.2, 0.25) is 0 Å². The van der Waals surface area contributed by atoms with Crippen molar-refractivity contribution in [1.29, 1.82) is 0 Å². The van der Waals surface area contributed by atoms with Gasteiger partial charge >= 0.3 is 12.0 Å². The van der Waals surface area contributed by atoms with Gasteiger partial charge in [0.2, 0.25) is 0 Å². The van der Waals surface area contributed by atoms with E-state index in [1.807, 2.05) is 0 Å². The number of urea groups is 1. The number of aromatic nitrogens is 3. The molecule has 1 rings (SSSR count). The van der Waals surface area contributed by atoms with Crippen molar-refractivity contribution in [3.8, 4) is 0 Å². The molecular formula is C12H21N5O3. The molecule has 1 heterocycles. The van der Waals surface area contributed by atoms with E-state index in [9.17, 15) is 9.59 Å². The molecule has 3 N–H and O–H groups in total. The summed E-state index contributed by atoms with van der Waals surface area (Å²) in [5.74, 6) is -0.0850. The Morgan fingerprint density at radius 2 is 2.05 bits per heavy atom. The summed E-state index contributed by atoms with van der Waals surface area (Å²) in [4.78, 5) is 22.0. The zero-order valence-corrected chi connectivity index (χ0v) is 12.0. The van der Waals surface area contributed by atoms with Gasteiger partial charge in [0, 0.05) is 6.54 Å². The van der Waals surface area contributed by atoms with Crippen molar-refractivity contribution in [3.05, 3.63) is 11.9 Å². The molecule has 0 aliphatic heterocycles. The summed E-state index contributed by atoms with van der Waals surface area (Å²) in [7, 11) is 0. The molecule has 0 bridgehead atoms. The summed E-state index contributed by atoms with van der Waals surface area (Å²) in [5, 5.41) is 21.4. The lowest BCUT2D eigenvalue weighted by atomic mass is 9.98. The van der Waals surface area contributed by atoms with E-state index in [1.165, 1.54) is 10.9 Å². The van der Waals surface area contributed by atoms with Crippen molar-refractivity contribution >= 4 is 12.0 Å². The molecule has 1 aromatic heterocycles. The van der Waals surface area contributed by atoms with E-state index >= 15 is 0 Å². The van der Waals surface area contributed by atoms with Crippen LogP contribution in [0.5, 0.6) is 0 Å². The van der Waals surface area contributed by atoms with Gasteiger partial charge in [0.25, 0.3) is 0 Å². The van der Waals surface area contributed by atoms with Gasteiger partial charge in [-0.3, -0.25) is 4.79 Å². The van der Waals surface area contributed by atoms with Crippen LogP contribution in [-0.4, -0.2) is 38.6 Å². The Balaban J connectivity index is 2.30. The summed E-state index contributed by atoms with van der Waals surface area (Å²) in [6, 6.07) is -0.273. The van der Waals surface area contributed by atoms with Gasteiger partial charge in [0.1, 0.15) is 12.2 Å². The Labute approximate surface area is 117 Å². The molecule has 2 amide bonds. The van der Waals surface area contributed by atoms with Crippen LogP contribution in [0.1, 0.15) is 26.5 Å². The lowest BCUT2D eigenvalue weighted by Crippen LogP contribution is -2.38. The molecule has 112 valence electrons. The van der Waals surface area contributed by atoms with Crippen LogP contribution in [-0.2, 0) is 17.9 Å². The maximum absolute atomic E-state index is 11.6. The molecule has 1 aromatic rings. The van der Waals surface area contributed by atoms with Crippen molar-refractivity contribution < 1.29 is 14.7 Å². The second kappa shape index (κ2) is 7.46. The van der Waals surface area contributed by atoms with E-state index < -0.39 is 5.97 Å². The highest BCUT2D eigenvalue weighted by atomic mass is 16.4. The molecule has 0 aliphatic rings. The lowest BCUT2D eigenvalue weighted by molar-refractivity contribution is -0.137. The highest BCUT2D eigenvalue weighted by Gasteiger charge is 2.09. The Hall–Kier alpha value is -2.12. The zero-order valence-electron chi connectivity index (χ0n) is 12.0. The Kier molecular flexibility index (Phi) is 5.95. The van der Waals surface area contributed by atoms with Crippen molar-refractivity contribution in [2.45, 2.75) is 33.9 Å². The van der Waals surface area contributed by atoms with Crippen molar-refractivity contribution in [2.75, 3.05) is 6.54 Å². The Morgan fingerprint density at radius 1 is 1.35 bits per heavy atom. The van der Waals surface area contributed by atoms with Gasteiger partial charge in [-0.1, -0.05) is 26.0 Å². The van der Waals surface area contributed by atoms with E-state index in [4.69, 9.17) is 5.11 Å². The number of nitrogens with one attached hydrogen (secondary N) is 2. The van der Waals surface area contributed by atoms with Gasteiger partial charge in [-0.25, -0.2) is 9.48 Å². The van der Waals surface area contributed by atoms with Crippen molar-refractivity contribution in [3.63, 3.8) is 0 Å². The average molecular weight is 283 g/mol. The van der Waals surface area contributed by atoms with Gasteiger partial charge in [-0.15, -0.1) is 5.10 Å². The Bertz CT molecular complexity index is 458. The fourth-order valence-corrected chi connectivity index (χ4v) is 1.36. The third-order valence-electron chi connectivity index (χ3n) is 3.04. The quantitative estimate of drug-likeness (QED) is 0.673. The van der Waals surface area contributed by atoms with E-state index in [-0.39, 0.29) is 19.1 Å². The highest BCUT2D eigenvalue weighted by Crippen LogP contribution is 2.07.